The van der Waals surface area contributed by atoms with Gasteiger partial charge >= 0.3 is 0 Å². The molecule has 7 nitrogen and oxygen atoms in total. The van der Waals surface area contributed by atoms with Crippen LogP contribution < -0.4 is 9.80 Å². The summed E-state index contributed by atoms with van der Waals surface area (Å²) in [5, 5.41) is 13.3. The van der Waals surface area contributed by atoms with Gasteiger partial charge in [0.25, 0.3) is 0 Å². The van der Waals surface area contributed by atoms with E-state index in [1.54, 1.807) is 29.2 Å². The molecular weight excluding hydrogens is 440 g/mol. The van der Waals surface area contributed by atoms with Crippen molar-refractivity contribution in [3.05, 3.63) is 76.2 Å². The van der Waals surface area contributed by atoms with Gasteiger partial charge in [0.1, 0.15) is 5.76 Å². The molecule has 0 radical (unpaired) electrons. The van der Waals surface area contributed by atoms with Gasteiger partial charge in [-0.2, -0.15) is 5.26 Å². The van der Waals surface area contributed by atoms with E-state index < -0.39 is 5.92 Å². The summed E-state index contributed by atoms with van der Waals surface area (Å²) in [6, 6.07) is 15.3. The van der Waals surface area contributed by atoms with Crippen molar-refractivity contribution in [2.24, 2.45) is 5.92 Å². The van der Waals surface area contributed by atoms with Gasteiger partial charge in [-0.1, -0.05) is 37.2 Å². The molecule has 3 aromatic rings. The maximum absolute atomic E-state index is 13.6. The summed E-state index contributed by atoms with van der Waals surface area (Å²) < 4.78 is 5.32. The predicted molar refractivity (Wildman–Crippen MR) is 132 cm³/mol. The number of aryl methyl sites for hydroxylation is 2. The van der Waals surface area contributed by atoms with E-state index >= 15 is 0 Å². The lowest BCUT2D eigenvalue weighted by molar-refractivity contribution is -0.124. The summed E-state index contributed by atoms with van der Waals surface area (Å²) in [4.78, 5) is 29.9. The molecule has 1 atom stereocenters. The molecule has 2 aliphatic rings. The maximum Gasteiger partial charge on any atom is 0.232 e. The van der Waals surface area contributed by atoms with E-state index in [0.717, 1.165) is 40.3 Å². The molecule has 3 heterocycles. The van der Waals surface area contributed by atoms with E-state index in [9.17, 15) is 14.9 Å². The zero-order valence-electron chi connectivity index (χ0n) is 20.5. The molecular formula is C28H28N4O3. The quantitative estimate of drug-likeness (QED) is 0.565. The maximum atomic E-state index is 13.6. The second-order valence-electron chi connectivity index (χ2n) is 10.2. The summed E-state index contributed by atoms with van der Waals surface area (Å²) in [5.74, 6) is 0.293. The van der Waals surface area contributed by atoms with Crippen LogP contribution in [0.3, 0.4) is 0 Å². The van der Waals surface area contributed by atoms with Gasteiger partial charge in [0.15, 0.2) is 0 Å². The number of benzene rings is 2. The van der Waals surface area contributed by atoms with E-state index in [1.807, 2.05) is 24.8 Å². The summed E-state index contributed by atoms with van der Waals surface area (Å²) in [6.45, 7) is 9.08. The Balaban J connectivity index is 1.38. The highest BCUT2D eigenvalue weighted by Crippen LogP contribution is 2.42. The van der Waals surface area contributed by atoms with Crippen LogP contribution in [0.15, 0.2) is 47.0 Å². The van der Waals surface area contributed by atoms with Crippen LogP contribution in [0.5, 0.6) is 0 Å². The van der Waals surface area contributed by atoms with Crippen LogP contribution in [-0.4, -0.2) is 30.1 Å². The number of amides is 2. The predicted octanol–water partition coefficient (Wildman–Crippen LogP) is 4.43. The number of rotatable bonds is 4. The van der Waals surface area contributed by atoms with Crippen molar-refractivity contribution in [3.8, 4) is 6.07 Å². The lowest BCUT2D eigenvalue weighted by Crippen LogP contribution is -2.39. The minimum atomic E-state index is -0.419. The summed E-state index contributed by atoms with van der Waals surface area (Å²) in [5.41, 5.74) is 6.15. The smallest absolute Gasteiger partial charge is 0.232 e. The van der Waals surface area contributed by atoms with Crippen molar-refractivity contribution in [1.82, 2.24) is 5.16 Å². The number of carbonyl (C=O) groups is 2. The molecule has 2 amide bonds. The summed E-state index contributed by atoms with van der Waals surface area (Å²) >= 11 is 0. The third-order valence-corrected chi connectivity index (χ3v) is 7.22. The Morgan fingerprint density at radius 2 is 2.03 bits per heavy atom. The van der Waals surface area contributed by atoms with Gasteiger partial charge in [0.05, 0.1) is 23.2 Å². The number of aromatic nitrogens is 1. The molecule has 1 aromatic heterocycles. The Labute approximate surface area is 204 Å². The van der Waals surface area contributed by atoms with Crippen molar-refractivity contribution >= 4 is 23.2 Å². The van der Waals surface area contributed by atoms with Gasteiger partial charge in [0, 0.05) is 48.3 Å². The number of nitrogens with zero attached hydrogens (tertiary/aromatic N) is 4. The Morgan fingerprint density at radius 3 is 2.74 bits per heavy atom. The second-order valence-corrected chi connectivity index (χ2v) is 10.2. The molecule has 0 aliphatic carbocycles. The first-order valence-electron chi connectivity index (χ1n) is 11.8. The van der Waals surface area contributed by atoms with Crippen LogP contribution in [0.4, 0.5) is 11.4 Å². The zero-order chi connectivity index (χ0) is 24.9. The van der Waals surface area contributed by atoms with Crippen LogP contribution >= 0.6 is 0 Å². The van der Waals surface area contributed by atoms with Gasteiger partial charge in [-0.15, -0.1) is 0 Å². The van der Waals surface area contributed by atoms with Crippen molar-refractivity contribution in [2.45, 2.75) is 46.0 Å². The van der Waals surface area contributed by atoms with Crippen LogP contribution in [0, 0.1) is 31.1 Å². The van der Waals surface area contributed by atoms with Crippen molar-refractivity contribution < 1.29 is 14.1 Å². The zero-order valence-corrected chi connectivity index (χ0v) is 20.5. The molecule has 1 saturated heterocycles. The molecule has 178 valence electrons. The fraction of sp³-hybridized carbons (Fsp3) is 0.357. The van der Waals surface area contributed by atoms with Crippen molar-refractivity contribution in [3.63, 3.8) is 0 Å². The minimum absolute atomic E-state index is 0.0254. The number of fused-ring (bicyclic) bond motifs is 1. The average Bonchev–Trinajstić information content (AvgIpc) is 3.47. The van der Waals surface area contributed by atoms with Crippen LogP contribution in [-0.2, 0) is 21.4 Å². The average molecular weight is 469 g/mol. The molecule has 0 unspecified atom stereocenters. The monoisotopic (exact) mass is 468 g/mol. The highest BCUT2D eigenvalue weighted by atomic mass is 16.5. The number of anilines is 2. The Hall–Kier alpha value is -3.92. The van der Waals surface area contributed by atoms with Crippen LogP contribution in [0.1, 0.15) is 54.0 Å². The van der Waals surface area contributed by atoms with E-state index in [-0.39, 0.29) is 23.7 Å². The first kappa shape index (κ1) is 22.9. The van der Waals surface area contributed by atoms with Gasteiger partial charge in [-0.05, 0) is 49.2 Å². The number of hydrogen-bond acceptors (Lipinski definition) is 5. The SMILES string of the molecule is Cc1noc(C)c1Cc1ccc2c(c1)C(C)(C)CN2C(=O)[C@H]1CC(=O)N(c2cccc(C#N)c2)C1. The van der Waals surface area contributed by atoms with Crippen LogP contribution in [0.25, 0.3) is 0 Å². The van der Waals surface area contributed by atoms with Crippen molar-refractivity contribution in [2.75, 3.05) is 22.9 Å². The lowest BCUT2D eigenvalue weighted by Gasteiger charge is -2.23. The van der Waals surface area contributed by atoms with E-state index in [4.69, 9.17) is 4.52 Å². The van der Waals surface area contributed by atoms with Gasteiger partial charge in [0.2, 0.25) is 11.8 Å². The van der Waals surface area contributed by atoms with Crippen molar-refractivity contribution in [1.29, 1.82) is 5.26 Å². The van der Waals surface area contributed by atoms with E-state index in [1.165, 1.54) is 0 Å². The Bertz CT molecular complexity index is 1360. The third kappa shape index (κ3) is 3.99. The standard InChI is InChI=1S/C28H28N4O3/c1-17-23(18(2)35-30-17)11-19-8-9-25-24(12-19)28(3,4)16-32(25)27(34)21-13-26(33)31(15-21)22-7-5-6-20(10-22)14-29/h5-10,12,21H,11,13,15-16H2,1-4H3/t21-/m0/s1. The second kappa shape index (κ2) is 8.38. The molecule has 5 rings (SSSR count). The van der Waals surface area contributed by atoms with E-state index in [0.29, 0.717) is 24.3 Å². The molecule has 1 fully saturated rings. The van der Waals surface area contributed by atoms with Gasteiger partial charge in [-0.25, -0.2) is 0 Å². The Kier molecular flexibility index (Phi) is 5.47. The molecule has 0 bridgehead atoms. The first-order valence-corrected chi connectivity index (χ1v) is 11.8. The molecule has 2 aromatic carbocycles. The fourth-order valence-corrected chi connectivity index (χ4v) is 5.28. The number of nitriles is 1. The molecule has 7 heteroatoms. The molecule has 0 N–H and O–H groups in total. The highest BCUT2D eigenvalue weighted by molar-refractivity contribution is 6.05. The minimum Gasteiger partial charge on any atom is -0.361 e. The highest BCUT2D eigenvalue weighted by Gasteiger charge is 2.43. The topological polar surface area (TPSA) is 90.4 Å². The molecule has 35 heavy (non-hydrogen) atoms. The summed E-state index contributed by atoms with van der Waals surface area (Å²) in [6.07, 6.45) is 0.901. The largest absolute Gasteiger partial charge is 0.361 e. The van der Waals surface area contributed by atoms with Gasteiger partial charge < -0.3 is 14.3 Å². The first-order chi connectivity index (χ1) is 16.7. The summed E-state index contributed by atoms with van der Waals surface area (Å²) in [7, 11) is 0. The lowest BCUT2D eigenvalue weighted by atomic mass is 9.85. The Morgan fingerprint density at radius 1 is 1.23 bits per heavy atom. The molecule has 0 spiro atoms. The van der Waals surface area contributed by atoms with E-state index in [2.05, 4.69) is 37.2 Å². The third-order valence-electron chi connectivity index (χ3n) is 7.22. The molecule has 2 aliphatic heterocycles. The molecule has 0 saturated carbocycles. The van der Waals surface area contributed by atoms with Crippen LogP contribution in [0.2, 0.25) is 0 Å². The number of carbonyl (C=O) groups excluding carboxylic acids is 2. The number of hydrogen-bond donors (Lipinski definition) is 0. The normalized spacial score (nSPS) is 18.6. The fourth-order valence-electron chi connectivity index (χ4n) is 5.28. The van der Waals surface area contributed by atoms with Gasteiger partial charge in [-0.3, -0.25) is 9.59 Å².